The summed E-state index contributed by atoms with van der Waals surface area (Å²) in [7, 11) is 0. The first-order valence-corrected chi connectivity index (χ1v) is 20.5. The van der Waals surface area contributed by atoms with Crippen LogP contribution >= 0.6 is 0 Å². The fraction of sp³-hybridized carbons (Fsp3) is 0.711. The lowest BCUT2D eigenvalue weighted by Gasteiger charge is -2.15. The lowest BCUT2D eigenvalue weighted by atomic mass is 10.0. The van der Waals surface area contributed by atoms with Gasteiger partial charge in [-0.25, -0.2) is 0 Å². The third-order valence-electron chi connectivity index (χ3n) is 8.53. The van der Waals surface area contributed by atoms with E-state index in [1.807, 2.05) is 6.08 Å². The van der Waals surface area contributed by atoms with E-state index in [9.17, 15) is 9.90 Å². The molecule has 0 aromatic rings. The van der Waals surface area contributed by atoms with E-state index in [2.05, 4.69) is 80.7 Å². The number of rotatable bonds is 37. The minimum absolute atomic E-state index is 0.204. The number of unbranched alkanes of at least 4 members (excludes halogenated alkanes) is 17. The Morgan fingerprint density at radius 1 is 0.510 bits per heavy atom. The second-order valence-corrected chi connectivity index (χ2v) is 13.3. The number of carbonyl (C=O) groups is 1. The highest BCUT2D eigenvalue weighted by Crippen LogP contribution is 2.13. The average molecular weight is 683 g/mol. The van der Waals surface area contributed by atoms with Gasteiger partial charge in [0.15, 0.2) is 0 Å². The normalized spacial score (nSPS) is 13.1. The minimum atomic E-state index is -0.575. The molecule has 0 aliphatic heterocycles. The maximum atomic E-state index is 12.1. The Kier molecular flexibility index (Phi) is 40.1. The fourth-order valence-corrected chi connectivity index (χ4v) is 5.49. The van der Waals surface area contributed by atoms with Gasteiger partial charge in [0.25, 0.3) is 0 Å². The van der Waals surface area contributed by atoms with Gasteiger partial charge >= 0.3 is 5.97 Å². The SMILES string of the molecule is CC/C=C\C/C=C\C/C=C\C/C=C\CCC(=O)OC(CO)COCCCCCCCCCCCCCC/C=C\C/C=C\CCCCCCC. The predicted molar refractivity (Wildman–Crippen MR) is 214 cm³/mol. The summed E-state index contributed by atoms with van der Waals surface area (Å²) in [6, 6.07) is 0. The van der Waals surface area contributed by atoms with Crippen molar-refractivity contribution in [3.8, 4) is 0 Å². The lowest BCUT2D eigenvalue weighted by molar-refractivity contribution is -0.154. The molecule has 1 N–H and O–H groups in total. The van der Waals surface area contributed by atoms with Crippen LogP contribution in [-0.2, 0) is 14.3 Å². The molecule has 0 radical (unpaired) electrons. The van der Waals surface area contributed by atoms with Crippen molar-refractivity contribution in [2.75, 3.05) is 19.8 Å². The largest absolute Gasteiger partial charge is 0.457 e. The summed E-state index contributed by atoms with van der Waals surface area (Å²) in [5.41, 5.74) is 0. The quantitative estimate of drug-likeness (QED) is 0.0402. The third kappa shape index (κ3) is 40.1. The third-order valence-corrected chi connectivity index (χ3v) is 8.53. The summed E-state index contributed by atoms with van der Waals surface area (Å²) in [6.45, 7) is 5.13. The molecule has 0 aliphatic rings. The number of hydrogen-bond donors (Lipinski definition) is 1. The van der Waals surface area contributed by atoms with Gasteiger partial charge in [-0.3, -0.25) is 4.79 Å². The zero-order valence-corrected chi connectivity index (χ0v) is 32.2. The second-order valence-electron chi connectivity index (χ2n) is 13.3. The number of allylic oxidation sites excluding steroid dienone is 12. The van der Waals surface area contributed by atoms with E-state index < -0.39 is 6.10 Å². The highest BCUT2D eigenvalue weighted by molar-refractivity contribution is 5.69. The number of esters is 1. The Bertz CT molecular complexity index is 850. The molecule has 0 amide bonds. The summed E-state index contributed by atoms with van der Waals surface area (Å²) in [5.74, 6) is -0.282. The lowest BCUT2D eigenvalue weighted by Crippen LogP contribution is -2.27. The summed E-state index contributed by atoms with van der Waals surface area (Å²) >= 11 is 0. The molecule has 0 spiro atoms. The number of ether oxygens (including phenoxy) is 2. The van der Waals surface area contributed by atoms with Crippen molar-refractivity contribution < 1.29 is 19.4 Å². The monoisotopic (exact) mass is 683 g/mol. The maximum Gasteiger partial charge on any atom is 0.306 e. The Hall–Kier alpha value is -2.17. The van der Waals surface area contributed by atoms with E-state index in [-0.39, 0.29) is 19.2 Å². The van der Waals surface area contributed by atoms with Gasteiger partial charge in [0.1, 0.15) is 6.10 Å². The van der Waals surface area contributed by atoms with Gasteiger partial charge in [-0.1, -0.05) is 177 Å². The van der Waals surface area contributed by atoms with E-state index in [1.165, 1.54) is 116 Å². The molecule has 0 aliphatic carbocycles. The van der Waals surface area contributed by atoms with Gasteiger partial charge < -0.3 is 14.6 Å². The van der Waals surface area contributed by atoms with Crippen LogP contribution in [0.1, 0.15) is 181 Å². The van der Waals surface area contributed by atoms with Gasteiger partial charge in [0, 0.05) is 13.0 Å². The number of hydrogen-bond acceptors (Lipinski definition) is 4. The molecule has 0 fully saturated rings. The van der Waals surface area contributed by atoms with Crippen LogP contribution in [-0.4, -0.2) is 37.0 Å². The maximum absolute atomic E-state index is 12.1. The van der Waals surface area contributed by atoms with Gasteiger partial charge in [0.2, 0.25) is 0 Å². The van der Waals surface area contributed by atoms with E-state index in [4.69, 9.17) is 9.47 Å². The number of aliphatic hydroxyl groups excluding tert-OH is 1. The van der Waals surface area contributed by atoms with Gasteiger partial charge in [0.05, 0.1) is 13.2 Å². The molecule has 49 heavy (non-hydrogen) atoms. The van der Waals surface area contributed by atoms with Gasteiger partial charge in [-0.05, 0) is 70.6 Å². The van der Waals surface area contributed by atoms with Gasteiger partial charge in [-0.2, -0.15) is 0 Å². The summed E-state index contributed by atoms with van der Waals surface area (Å²) < 4.78 is 11.1. The molecule has 0 rings (SSSR count). The van der Waals surface area contributed by atoms with Crippen LogP contribution in [0.25, 0.3) is 0 Å². The highest BCUT2D eigenvalue weighted by Gasteiger charge is 2.13. The molecule has 4 nitrogen and oxygen atoms in total. The minimum Gasteiger partial charge on any atom is -0.457 e. The second kappa shape index (κ2) is 42.0. The average Bonchev–Trinajstić information content (AvgIpc) is 3.11. The zero-order valence-electron chi connectivity index (χ0n) is 32.2. The van der Waals surface area contributed by atoms with Gasteiger partial charge in [-0.15, -0.1) is 0 Å². The molecule has 0 heterocycles. The van der Waals surface area contributed by atoms with Crippen molar-refractivity contribution in [3.05, 3.63) is 72.9 Å². The molecule has 0 saturated carbocycles. The molecular formula is C45H78O4. The number of carbonyl (C=O) groups excluding carboxylic acids is 1. The summed E-state index contributed by atoms with van der Waals surface area (Å²) in [5, 5.41) is 9.56. The van der Waals surface area contributed by atoms with E-state index in [0.29, 0.717) is 19.4 Å². The van der Waals surface area contributed by atoms with Crippen molar-refractivity contribution >= 4 is 5.97 Å². The molecular weight excluding hydrogens is 604 g/mol. The first-order chi connectivity index (χ1) is 24.2. The first kappa shape index (κ1) is 46.8. The van der Waals surface area contributed by atoms with E-state index in [0.717, 1.165) is 38.5 Å². The Balaban J connectivity index is 3.48. The highest BCUT2D eigenvalue weighted by atomic mass is 16.6. The van der Waals surface area contributed by atoms with Crippen LogP contribution in [0.15, 0.2) is 72.9 Å². The molecule has 0 aromatic carbocycles. The van der Waals surface area contributed by atoms with Crippen molar-refractivity contribution in [2.24, 2.45) is 0 Å². The Morgan fingerprint density at radius 2 is 0.918 bits per heavy atom. The molecule has 0 bridgehead atoms. The molecule has 282 valence electrons. The van der Waals surface area contributed by atoms with Crippen LogP contribution < -0.4 is 0 Å². The molecule has 1 unspecified atom stereocenters. The van der Waals surface area contributed by atoms with E-state index >= 15 is 0 Å². The van der Waals surface area contributed by atoms with Crippen LogP contribution in [0.5, 0.6) is 0 Å². The zero-order chi connectivity index (χ0) is 35.6. The first-order valence-electron chi connectivity index (χ1n) is 20.5. The Labute approximate surface area is 304 Å². The van der Waals surface area contributed by atoms with Crippen molar-refractivity contribution in [3.63, 3.8) is 0 Å². The van der Waals surface area contributed by atoms with Crippen LogP contribution in [0.3, 0.4) is 0 Å². The molecule has 4 heteroatoms. The van der Waals surface area contributed by atoms with Crippen molar-refractivity contribution in [2.45, 2.75) is 187 Å². The van der Waals surface area contributed by atoms with E-state index in [1.54, 1.807) is 0 Å². The predicted octanol–water partition coefficient (Wildman–Crippen LogP) is 13.4. The molecule has 0 aromatic heterocycles. The number of aliphatic hydroxyl groups is 1. The smallest absolute Gasteiger partial charge is 0.306 e. The van der Waals surface area contributed by atoms with Crippen LogP contribution in [0, 0.1) is 0 Å². The van der Waals surface area contributed by atoms with Crippen LogP contribution in [0.2, 0.25) is 0 Å². The van der Waals surface area contributed by atoms with Crippen molar-refractivity contribution in [1.29, 1.82) is 0 Å². The molecule has 1 atom stereocenters. The topological polar surface area (TPSA) is 55.8 Å². The fourth-order valence-electron chi connectivity index (χ4n) is 5.49. The molecule has 0 saturated heterocycles. The standard InChI is InChI=1S/C45H78O4/c1-3-5-7-9-11-13-15-17-18-19-20-21-22-23-24-25-26-27-29-31-33-35-37-39-41-48-43-44(42-46)49-45(47)40-38-36-34-32-30-28-16-14-12-10-8-6-4-2/h6,8,12,14-15,17,19-20,28,30,34,36,44,46H,3-5,7,9-11,13,16,18,21-27,29,31-33,35,37-43H2,1-2H3/b8-6-,14-12-,17-15-,20-19-,30-28-,36-34-. The Morgan fingerprint density at radius 3 is 1.39 bits per heavy atom. The summed E-state index contributed by atoms with van der Waals surface area (Å²) in [4.78, 5) is 12.1. The van der Waals surface area contributed by atoms with Crippen LogP contribution in [0.4, 0.5) is 0 Å². The van der Waals surface area contributed by atoms with Crippen molar-refractivity contribution in [1.82, 2.24) is 0 Å². The summed E-state index contributed by atoms with van der Waals surface area (Å²) in [6.07, 6.45) is 56.9.